The van der Waals surface area contributed by atoms with Crippen LogP contribution in [0.25, 0.3) is 28.1 Å². The van der Waals surface area contributed by atoms with Crippen molar-refractivity contribution in [1.29, 1.82) is 0 Å². The minimum Gasteiger partial charge on any atom is -0.494 e. The molecule has 194 valence electrons. The van der Waals surface area contributed by atoms with Gasteiger partial charge in [0.25, 0.3) is 0 Å². The molecule has 1 saturated heterocycles. The zero-order chi connectivity index (χ0) is 26.5. The van der Waals surface area contributed by atoms with Gasteiger partial charge >= 0.3 is 12.3 Å². The monoisotopic (exact) mass is 522 g/mol. The summed E-state index contributed by atoms with van der Waals surface area (Å²) in [7, 11) is 1.31. The SMILES string of the molecule is COc1cc2nc(-c3nnc4ccc([C@@H](N5C[C@@H](F)[C@H](NC(=O)O)C5)C(F)(F)F)cn34)ccc2cc1F. The lowest BCUT2D eigenvalue weighted by Crippen LogP contribution is -2.42. The number of ether oxygens (including phenoxy) is 1. The highest BCUT2D eigenvalue weighted by atomic mass is 19.4. The molecular formula is C23H19F5N6O3. The average Bonchev–Trinajstić information content (AvgIpc) is 3.40. The van der Waals surface area contributed by atoms with E-state index >= 15 is 0 Å². The van der Waals surface area contributed by atoms with Crippen LogP contribution in [0.2, 0.25) is 0 Å². The molecule has 14 heteroatoms. The van der Waals surface area contributed by atoms with Crippen LogP contribution < -0.4 is 10.1 Å². The van der Waals surface area contributed by atoms with Gasteiger partial charge in [0.15, 0.2) is 23.0 Å². The largest absolute Gasteiger partial charge is 0.494 e. The second kappa shape index (κ2) is 9.10. The number of halogens is 5. The maximum absolute atomic E-state index is 14.4. The van der Waals surface area contributed by atoms with E-state index in [0.717, 1.165) is 4.90 Å². The first-order valence-corrected chi connectivity index (χ1v) is 11.0. The molecule has 1 fully saturated rings. The fraction of sp³-hybridized carbons (Fsp3) is 0.304. The molecule has 4 heterocycles. The van der Waals surface area contributed by atoms with Gasteiger partial charge in [0, 0.05) is 30.7 Å². The number of likely N-dealkylation sites (tertiary alicyclic amines) is 1. The van der Waals surface area contributed by atoms with E-state index in [9.17, 15) is 26.7 Å². The van der Waals surface area contributed by atoms with Crippen molar-refractivity contribution in [2.75, 3.05) is 20.2 Å². The number of carboxylic acid groups (broad SMARTS) is 1. The molecule has 1 aliphatic rings. The number of benzene rings is 1. The molecule has 1 aromatic carbocycles. The summed E-state index contributed by atoms with van der Waals surface area (Å²) in [5, 5.41) is 19.3. The van der Waals surface area contributed by atoms with E-state index in [4.69, 9.17) is 9.84 Å². The van der Waals surface area contributed by atoms with Crippen LogP contribution >= 0.6 is 0 Å². The van der Waals surface area contributed by atoms with Crippen molar-refractivity contribution in [3.05, 3.63) is 54.0 Å². The van der Waals surface area contributed by atoms with Gasteiger partial charge in [-0.2, -0.15) is 13.2 Å². The van der Waals surface area contributed by atoms with Crippen molar-refractivity contribution in [3.8, 4) is 17.3 Å². The quantitative estimate of drug-likeness (QED) is 0.382. The highest BCUT2D eigenvalue weighted by Crippen LogP contribution is 2.40. The Labute approximate surface area is 205 Å². The number of hydrogen-bond acceptors (Lipinski definition) is 6. The molecule has 3 atom stereocenters. The van der Waals surface area contributed by atoms with Crippen molar-refractivity contribution < 1.29 is 36.6 Å². The molecule has 4 aromatic rings. The van der Waals surface area contributed by atoms with Crippen molar-refractivity contribution in [3.63, 3.8) is 0 Å². The lowest BCUT2D eigenvalue weighted by molar-refractivity contribution is -0.184. The molecule has 1 amide bonds. The van der Waals surface area contributed by atoms with Gasteiger partial charge < -0.3 is 15.2 Å². The summed E-state index contributed by atoms with van der Waals surface area (Å²) in [5.74, 6) is -0.456. The Morgan fingerprint density at radius 1 is 1.19 bits per heavy atom. The van der Waals surface area contributed by atoms with Gasteiger partial charge in [-0.1, -0.05) is 12.1 Å². The van der Waals surface area contributed by atoms with Gasteiger partial charge in [-0.3, -0.25) is 9.30 Å². The standard InChI is InChI=1S/C23H19F5N6O3/c1-37-18-7-16-11(6-13(18)24)2-4-15(29-16)21-32-31-19-5-3-12(8-34(19)21)20(23(26,27)28)33-9-14(25)17(10-33)30-22(35)36/h2-8,14,17,20,30H,9-10H2,1H3,(H,35,36)/t14-,17-,20-/m1/s1. The number of rotatable bonds is 5. The van der Waals surface area contributed by atoms with E-state index in [0.29, 0.717) is 10.9 Å². The number of fused-ring (bicyclic) bond motifs is 2. The molecule has 5 rings (SSSR count). The van der Waals surface area contributed by atoms with Crippen LogP contribution in [0.3, 0.4) is 0 Å². The van der Waals surface area contributed by atoms with Gasteiger partial charge in [-0.25, -0.2) is 18.6 Å². The normalized spacial score (nSPS) is 19.4. The summed E-state index contributed by atoms with van der Waals surface area (Å²) < 4.78 is 77.3. The smallest absolute Gasteiger partial charge is 0.408 e. The van der Waals surface area contributed by atoms with Gasteiger partial charge in [-0.05, 0) is 23.8 Å². The summed E-state index contributed by atoms with van der Waals surface area (Å²) in [4.78, 5) is 16.2. The first-order chi connectivity index (χ1) is 17.5. The van der Waals surface area contributed by atoms with E-state index in [1.54, 1.807) is 6.07 Å². The second-order valence-corrected chi connectivity index (χ2v) is 8.56. The molecule has 0 aliphatic carbocycles. The Morgan fingerprint density at radius 2 is 1.97 bits per heavy atom. The van der Waals surface area contributed by atoms with Gasteiger partial charge in [-0.15, -0.1) is 10.2 Å². The van der Waals surface area contributed by atoms with Gasteiger partial charge in [0.1, 0.15) is 17.9 Å². The second-order valence-electron chi connectivity index (χ2n) is 8.56. The Morgan fingerprint density at radius 3 is 2.68 bits per heavy atom. The molecule has 37 heavy (non-hydrogen) atoms. The first-order valence-electron chi connectivity index (χ1n) is 11.0. The highest BCUT2D eigenvalue weighted by molar-refractivity contribution is 5.82. The molecule has 2 N–H and O–H groups in total. The van der Waals surface area contributed by atoms with E-state index in [2.05, 4.69) is 15.2 Å². The Hall–Kier alpha value is -4.07. The molecule has 9 nitrogen and oxygen atoms in total. The summed E-state index contributed by atoms with van der Waals surface area (Å²) in [6.07, 6.45) is -6.91. The van der Waals surface area contributed by atoms with Gasteiger partial charge in [0.2, 0.25) is 0 Å². The Kier molecular flexibility index (Phi) is 6.06. The lowest BCUT2D eigenvalue weighted by atomic mass is 10.1. The number of pyridine rings is 2. The number of aromatic nitrogens is 4. The average molecular weight is 522 g/mol. The molecule has 0 radical (unpaired) electrons. The van der Waals surface area contributed by atoms with Crippen LogP contribution in [0.15, 0.2) is 42.6 Å². The molecular weight excluding hydrogens is 503 g/mol. The van der Waals surface area contributed by atoms with Crippen LogP contribution in [0, 0.1) is 5.82 Å². The Balaban J connectivity index is 1.55. The van der Waals surface area contributed by atoms with Crippen LogP contribution in [-0.2, 0) is 0 Å². The zero-order valence-corrected chi connectivity index (χ0v) is 19.1. The molecule has 0 saturated carbocycles. The zero-order valence-electron chi connectivity index (χ0n) is 19.1. The maximum Gasteiger partial charge on any atom is 0.408 e. The highest BCUT2D eigenvalue weighted by Gasteiger charge is 2.49. The van der Waals surface area contributed by atoms with Crippen molar-refractivity contribution in [2.24, 2.45) is 0 Å². The third kappa shape index (κ3) is 4.59. The number of hydrogen-bond donors (Lipinski definition) is 2. The van der Waals surface area contributed by atoms with Crippen molar-refractivity contribution in [2.45, 2.75) is 24.4 Å². The third-order valence-corrected chi connectivity index (χ3v) is 6.19. The summed E-state index contributed by atoms with van der Waals surface area (Å²) >= 11 is 0. The molecule has 0 unspecified atom stereocenters. The van der Waals surface area contributed by atoms with Crippen LogP contribution in [0.5, 0.6) is 5.75 Å². The van der Waals surface area contributed by atoms with E-state index in [-0.39, 0.29) is 28.5 Å². The Bertz CT molecular complexity index is 1490. The predicted molar refractivity (Wildman–Crippen MR) is 120 cm³/mol. The minimum atomic E-state index is -4.79. The van der Waals surface area contributed by atoms with Crippen molar-refractivity contribution >= 4 is 22.6 Å². The summed E-state index contributed by atoms with van der Waals surface area (Å²) in [6.45, 7) is -1.07. The molecule has 3 aromatic heterocycles. The lowest BCUT2D eigenvalue weighted by Gasteiger charge is -2.30. The predicted octanol–water partition coefficient (Wildman–Crippen LogP) is 3.99. The molecule has 1 aliphatic heterocycles. The fourth-order valence-electron chi connectivity index (χ4n) is 4.55. The van der Waals surface area contributed by atoms with Crippen LogP contribution in [-0.4, -0.2) is 74.3 Å². The molecule has 0 bridgehead atoms. The summed E-state index contributed by atoms with van der Waals surface area (Å²) in [5.41, 5.74) is 0.673. The number of carbonyl (C=O) groups is 1. The topological polar surface area (TPSA) is 105 Å². The summed E-state index contributed by atoms with van der Waals surface area (Å²) in [6, 6.07) is 4.84. The minimum absolute atomic E-state index is 0.0222. The van der Waals surface area contributed by atoms with E-state index in [1.165, 1.54) is 48.0 Å². The third-order valence-electron chi connectivity index (χ3n) is 6.19. The van der Waals surface area contributed by atoms with Crippen LogP contribution in [0.1, 0.15) is 11.6 Å². The number of nitrogens with zero attached hydrogens (tertiary/aromatic N) is 5. The van der Waals surface area contributed by atoms with Crippen LogP contribution in [0.4, 0.5) is 26.7 Å². The van der Waals surface area contributed by atoms with Gasteiger partial charge in [0.05, 0.1) is 18.7 Å². The number of amides is 1. The number of nitrogens with one attached hydrogen (secondary N) is 1. The molecule has 0 spiro atoms. The number of methoxy groups -OCH3 is 1. The van der Waals surface area contributed by atoms with Crippen molar-refractivity contribution in [1.82, 2.24) is 29.8 Å². The fourth-order valence-corrected chi connectivity index (χ4v) is 4.55. The maximum atomic E-state index is 14.4. The number of alkyl halides is 4. The van der Waals surface area contributed by atoms with E-state index in [1.807, 2.05) is 5.32 Å². The van der Waals surface area contributed by atoms with E-state index < -0.39 is 49.4 Å². The first kappa shape index (κ1) is 24.6.